The molecular weight excluding hydrogens is 197 g/mol. The molecule has 0 saturated carbocycles. The van der Waals surface area contributed by atoms with Crippen LogP contribution < -0.4 is 0 Å². The van der Waals surface area contributed by atoms with Crippen LogP contribution in [0.5, 0.6) is 0 Å². The number of aromatic nitrogens is 3. The van der Waals surface area contributed by atoms with Gasteiger partial charge in [0.1, 0.15) is 17.2 Å². The lowest BCUT2D eigenvalue weighted by atomic mass is 10.3. The SMILES string of the molecule is CC(=O)c1cnnn1-c1ccccc1F. The van der Waals surface area contributed by atoms with Crippen LogP contribution in [-0.2, 0) is 0 Å². The molecule has 0 fully saturated rings. The molecule has 0 aliphatic rings. The molecule has 0 spiro atoms. The fraction of sp³-hybridized carbons (Fsp3) is 0.100. The van der Waals surface area contributed by atoms with Gasteiger partial charge in [-0.1, -0.05) is 17.3 Å². The third-order valence-corrected chi connectivity index (χ3v) is 1.99. The molecule has 0 N–H and O–H groups in total. The second-order valence-corrected chi connectivity index (χ2v) is 3.04. The molecule has 0 aliphatic carbocycles. The van der Waals surface area contributed by atoms with Gasteiger partial charge >= 0.3 is 0 Å². The van der Waals surface area contributed by atoms with E-state index in [4.69, 9.17) is 0 Å². The first-order chi connectivity index (χ1) is 7.20. The number of hydrogen-bond donors (Lipinski definition) is 0. The van der Waals surface area contributed by atoms with E-state index < -0.39 is 5.82 Å². The highest BCUT2D eigenvalue weighted by atomic mass is 19.1. The van der Waals surface area contributed by atoms with Crippen molar-refractivity contribution in [2.45, 2.75) is 6.92 Å². The highest BCUT2D eigenvalue weighted by Crippen LogP contribution is 2.13. The van der Waals surface area contributed by atoms with Crippen molar-refractivity contribution in [3.8, 4) is 5.69 Å². The highest BCUT2D eigenvalue weighted by molar-refractivity contribution is 5.92. The molecule has 1 aromatic carbocycles. The largest absolute Gasteiger partial charge is 0.293 e. The molecule has 0 atom stereocenters. The molecular formula is C10H8FN3O. The summed E-state index contributed by atoms with van der Waals surface area (Å²) in [4.78, 5) is 11.2. The van der Waals surface area contributed by atoms with Gasteiger partial charge in [-0.3, -0.25) is 4.79 Å². The topological polar surface area (TPSA) is 47.8 Å². The summed E-state index contributed by atoms with van der Waals surface area (Å²) in [5, 5.41) is 7.26. The number of carbonyl (C=O) groups is 1. The zero-order valence-electron chi connectivity index (χ0n) is 8.01. The van der Waals surface area contributed by atoms with Gasteiger partial charge < -0.3 is 0 Å². The van der Waals surface area contributed by atoms with E-state index in [1.165, 1.54) is 29.9 Å². The maximum Gasteiger partial charge on any atom is 0.179 e. The molecule has 1 aromatic heterocycles. The molecule has 4 nitrogen and oxygen atoms in total. The van der Waals surface area contributed by atoms with Crippen LogP contribution in [0.3, 0.4) is 0 Å². The molecule has 0 radical (unpaired) electrons. The Hall–Kier alpha value is -2.04. The molecule has 0 amide bonds. The molecule has 76 valence electrons. The van der Waals surface area contributed by atoms with Crippen molar-refractivity contribution in [3.63, 3.8) is 0 Å². The van der Waals surface area contributed by atoms with Gasteiger partial charge in [0.15, 0.2) is 5.78 Å². The molecule has 0 unspecified atom stereocenters. The molecule has 1 heterocycles. The smallest absolute Gasteiger partial charge is 0.179 e. The average Bonchev–Trinajstić information content (AvgIpc) is 2.67. The molecule has 0 aliphatic heterocycles. The Morgan fingerprint density at radius 2 is 2.13 bits per heavy atom. The van der Waals surface area contributed by atoms with Crippen molar-refractivity contribution in [1.82, 2.24) is 15.0 Å². The summed E-state index contributed by atoms with van der Waals surface area (Å²) >= 11 is 0. The van der Waals surface area contributed by atoms with Crippen molar-refractivity contribution in [2.75, 3.05) is 0 Å². The van der Waals surface area contributed by atoms with Crippen LogP contribution in [-0.4, -0.2) is 20.8 Å². The fourth-order valence-electron chi connectivity index (χ4n) is 1.28. The summed E-state index contributed by atoms with van der Waals surface area (Å²) < 4.78 is 14.6. The van der Waals surface area contributed by atoms with Crippen molar-refractivity contribution < 1.29 is 9.18 Å². The van der Waals surface area contributed by atoms with E-state index in [1.54, 1.807) is 12.1 Å². The third-order valence-electron chi connectivity index (χ3n) is 1.99. The minimum absolute atomic E-state index is 0.205. The van der Waals surface area contributed by atoms with E-state index in [0.717, 1.165) is 0 Å². The second kappa shape index (κ2) is 3.61. The molecule has 0 bridgehead atoms. The number of Topliss-reactive ketones (excluding diaryl/α,β-unsaturated/α-hetero) is 1. The Bertz CT molecular complexity index is 507. The van der Waals surface area contributed by atoms with Gasteiger partial charge in [0.25, 0.3) is 0 Å². The molecule has 15 heavy (non-hydrogen) atoms. The summed E-state index contributed by atoms with van der Waals surface area (Å²) in [5.41, 5.74) is 0.486. The van der Waals surface area contributed by atoms with Crippen LogP contribution >= 0.6 is 0 Å². The van der Waals surface area contributed by atoms with Crippen LogP contribution in [0.15, 0.2) is 30.5 Å². The number of nitrogens with zero attached hydrogens (tertiary/aromatic N) is 3. The van der Waals surface area contributed by atoms with Gasteiger partial charge in [-0.15, -0.1) is 5.10 Å². The predicted molar refractivity (Wildman–Crippen MR) is 51.3 cm³/mol. The number of ketones is 1. The van der Waals surface area contributed by atoms with E-state index >= 15 is 0 Å². The Morgan fingerprint density at radius 3 is 2.80 bits per heavy atom. The molecule has 0 saturated heterocycles. The Labute approximate surface area is 85.3 Å². The summed E-state index contributed by atoms with van der Waals surface area (Å²) in [6.45, 7) is 1.38. The summed E-state index contributed by atoms with van der Waals surface area (Å²) in [7, 11) is 0. The summed E-state index contributed by atoms with van der Waals surface area (Å²) in [5.74, 6) is -0.645. The van der Waals surface area contributed by atoms with Crippen molar-refractivity contribution in [3.05, 3.63) is 42.0 Å². The number of benzene rings is 1. The Morgan fingerprint density at radius 1 is 1.40 bits per heavy atom. The predicted octanol–water partition coefficient (Wildman–Crippen LogP) is 1.61. The highest BCUT2D eigenvalue weighted by Gasteiger charge is 2.12. The van der Waals surface area contributed by atoms with Gasteiger partial charge in [-0.25, -0.2) is 9.07 Å². The van der Waals surface area contributed by atoms with Crippen molar-refractivity contribution >= 4 is 5.78 Å². The van der Waals surface area contributed by atoms with E-state index in [9.17, 15) is 9.18 Å². The normalized spacial score (nSPS) is 10.3. The van der Waals surface area contributed by atoms with E-state index in [0.29, 0.717) is 0 Å². The van der Waals surface area contributed by atoms with Gasteiger partial charge in [-0.05, 0) is 12.1 Å². The second-order valence-electron chi connectivity index (χ2n) is 3.04. The number of carbonyl (C=O) groups excluding carboxylic acids is 1. The van der Waals surface area contributed by atoms with Crippen molar-refractivity contribution in [2.24, 2.45) is 0 Å². The average molecular weight is 205 g/mol. The number of halogens is 1. The lowest BCUT2D eigenvalue weighted by Gasteiger charge is -2.03. The zero-order valence-corrected chi connectivity index (χ0v) is 8.01. The van der Waals surface area contributed by atoms with Crippen LogP contribution in [0.4, 0.5) is 4.39 Å². The fourth-order valence-corrected chi connectivity index (χ4v) is 1.28. The van der Waals surface area contributed by atoms with Crippen LogP contribution in [0.2, 0.25) is 0 Å². The monoisotopic (exact) mass is 205 g/mol. The first-order valence-corrected chi connectivity index (χ1v) is 4.36. The maximum absolute atomic E-state index is 13.4. The number of rotatable bonds is 2. The van der Waals surface area contributed by atoms with Crippen LogP contribution in [0, 0.1) is 5.82 Å². The Balaban J connectivity index is 2.59. The Kier molecular flexibility index (Phi) is 2.29. The lowest BCUT2D eigenvalue weighted by Crippen LogP contribution is -2.07. The molecule has 2 aromatic rings. The van der Waals surface area contributed by atoms with Crippen LogP contribution in [0.25, 0.3) is 5.69 Å². The first kappa shape index (κ1) is 9.51. The van der Waals surface area contributed by atoms with E-state index in [-0.39, 0.29) is 17.2 Å². The van der Waals surface area contributed by atoms with Gasteiger partial charge in [0, 0.05) is 6.92 Å². The van der Waals surface area contributed by atoms with Gasteiger partial charge in [-0.2, -0.15) is 0 Å². The van der Waals surface area contributed by atoms with Crippen LogP contribution in [0.1, 0.15) is 17.4 Å². The number of para-hydroxylation sites is 1. The number of hydrogen-bond acceptors (Lipinski definition) is 3. The molecule has 2 rings (SSSR count). The van der Waals surface area contributed by atoms with E-state index in [1.807, 2.05) is 0 Å². The summed E-state index contributed by atoms with van der Waals surface area (Å²) in [6, 6.07) is 6.09. The van der Waals surface area contributed by atoms with Crippen molar-refractivity contribution in [1.29, 1.82) is 0 Å². The molecule has 5 heteroatoms. The minimum atomic E-state index is -0.439. The maximum atomic E-state index is 13.4. The van der Waals surface area contributed by atoms with E-state index in [2.05, 4.69) is 10.3 Å². The third kappa shape index (κ3) is 1.63. The van der Waals surface area contributed by atoms with Gasteiger partial charge in [0.05, 0.1) is 6.20 Å². The zero-order chi connectivity index (χ0) is 10.8. The van der Waals surface area contributed by atoms with Gasteiger partial charge in [0.2, 0.25) is 0 Å². The standard InChI is InChI=1S/C10H8FN3O/c1-7(15)10-6-12-13-14(10)9-5-3-2-4-8(9)11/h2-6H,1H3. The summed E-state index contributed by atoms with van der Waals surface area (Å²) in [6.07, 6.45) is 1.31. The quantitative estimate of drug-likeness (QED) is 0.700. The lowest BCUT2D eigenvalue weighted by molar-refractivity contribution is 0.101. The first-order valence-electron chi connectivity index (χ1n) is 4.36. The minimum Gasteiger partial charge on any atom is -0.293 e.